The molecule has 2 aliphatic heterocycles. The molecule has 5 heteroatoms. The van der Waals surface area contributed by atoms with Crippen LogP contribution < -0.4 is 0 Å². The molecular weight excluding hydrogens is 479 g/mol. The van der Waals surface area contributed by atoms with E-state index >= 15 is 0 Å². The van der Waals surface area contributed by atoms with Gasteiger partial charge in [0.05, 0.1) is 17.4 Å². The standard InChI is InChI=1S/C29H22Cl2N2S/c30-23-13-9-19(10-14-23)17-22-7-4-8-25-27(22)32-29-33(28(25)21-11-15-24(31)16-12-21)26(18-34-29)20-5-2-1-3-6-20/h1-3,5-6,9-18,28H,4,7-8H2/b22-17+/t28-/m1/s1. The Kier molecular flexibility index (Phi) is 5.86. The third kappa shape index (κ3) is 4.02. The summed E-state index contributed by atoms with van der Waals surface area (Å²) in [6, 6.07) is 27.0. The molecule has 3 aromatic rings. The van der Waals surface area contributed by atoms with Crippen molar-refractivity contribution in [3.63, 3.8) is 0 Å². The Labute approximate surface area is 214 Å². The summed E-state index contributed by atoms with van der Waals surface area (Å²) in [5.41, 5.74) is 8.61. The van der Waals surface area contributed by atoms with Crippen LogP contribution in [0.1, 0.15) is 42.0 Å². The van der Waals surface area contributed by atoms with Crippen LogP contribution in [0.4, 0.5) is 0 Å². The molecule has 2 nitrogen and oxygen atoms in total. The Morgan fingerprint density at radius 1 is 0.853 bits per heavy atom. The molecule has 2 heterocycles. The minimum Gasteiger partial charge on any atom is -0.308 e. The highest BCUT2D eigenvalue weighted by atomic mass is 35.5. The number of amidine groups is 1. The second kappa shape index (κ2) is 9.14. The van der Waals surface area contributed by atoms with E-state index in [0.29, 0.717) is 0 Å². The van der Waals surface area contributed by atoms with Crippen molar-refractivity contribution in [3.8, 4) is 0 Å². The highest BCUT2D eigenvalue weighted by Gasteiger charge is 2.40. The van der Waals surface area contributed by atoms with Crippen molar-refractivity contribution in [1.29, 1.82) is 0 Å². The smallest absolute Gasteiger partial charge is 0.174 e. The molecule has 0 amide bonds. The van der Waals surface area contributed by atoms with Crippen molar-refractivity contribution in [2.45, 2.75) is 25.3 Å². The normalized spacial score (nSPS) is 20.7. The molecule has 6 rings (SSSR count). The number of benzene rings is 3. The maximum Gasteiger partial charge on any atom is 0.174 e. The van der Waals surface area contributed by atoms with E-state index in [9.17, 15) is 0 Å². The van der Waals surface area contributed by atoms with Gasteiger partial charge in [-0.1, -0.05) is 89.6 Å². The summed E-state index contributed by atoms with van der Waals surface area (Å²) in [7, 11) is 0. The van der Waals surface area contributed by atoms with Crippen molar-refractivity contribution in [2.75, 3.05) is 0 Å². The maximum atomic E-state index is 6.27. The van der Waals surface area contributed by atoms with Crippen LogP contribution in [0, 0.1) is 0 Å². The second-order valence-corrected chi connectivity index (χ2v) is 10.4. The number of aliphatic imine (C=N–C) groups is 1. The molecule has 0 saturated heterocycles. The zero-order chi connectivity index (χ0) is 23.1. The predicted octanol–water partition coefficient (Wildman–Crippen LogP) is 8.97. The largest absolute Gasteiger partial charge is 0.308 e. The van der Waals surface area contributed by atoms with E-state index < -0.39 is 0 Å². The van der Waals surface area contributed by atoms with Gasteiger partial charge in [-0.3, -0.25) is 0 Å². The number of nitrogens with zero attached hydrogens (tertiary/aromatic N) is 2. The van der Waals surface area contributed by atoms with Gasteiger partial charge < -0.3 is 4.90 Å². The first-order valence-corrected chi connectivity index (χ1v) is 13.1. The molecule has 0 saturated carbocycles. The van der Waals surface area contributed by atoms with Gasteiger partial charge in [0.25, 0.3) is 0 Å². The lowest BCUT2D eigenvalue weighted by atomic mass is 9.83. The van der Waals surface area contributed by atoms with Gasteiger partial charge in [0, 0.05) is 15.5 Å². The molecule has 3 aliphatic rings. The Hall–Kier alpha value is -2.72. The Balaban J connectivity index is 1.49. The molecule has 168 valence electrons. The molecule has 34 heavy (non-hydrogen) atoms. The summed E-state index contributed by atoms with van der Waals surface area (Å²) >= 11 is 14.1. The van der Waals surface area contributed by atoms with E-state index in [1.54, 1.807) is 11.8 Å². The Bertz CT molecular complexity index is 1350. The molecule has 1 atom stereocenters. The number of halogens is 2. The molecule has 1 aliphatic carbocycles. The SMILES string of the molecule is Clc1ccc(/C=C2\CCCC3=C2N=C2SC=C(c4ccccc4)N2[C@@H]3c2ccc(Cl)cc2)cc1. The van der Waals surface area contributed by atoms with Crippen LogP contribution in [0.2, 0.25) is 10.0 Å². The first-order chi connectivity index (χ1) is 16.7. The molecule has 0 fully saturated rings. The summed E-state index contributed by atoms with van der Waals surface area (Å²) < 4.78 is 0. The van der Waals surface area contributed by atoms with E-state index in [2.05, 4.69) is 71.0 Å². The molecule has 0 unspecified atom stereocenters. The van der Waals surface area contributed by atoms with Gasteiger partial charge in [-0.25, -0.2) is 4.99 Å². The molecule has 0 N–H and O–H groups in total. The van der Waals surface area contributed by atoms with Crippen molar-refractivity contribution in [3.05, 3.63) is 128 Å². The van der Waals surface area contributed by atoms with Crippen LogP contribution in [0.15, 0.2) is 106 Å². The maximum absolute atomic E-state index is 6.27. The summed E-state index contributed by atoms with van der Waals surface area (Å²) in [6.07, 6.45) is 5.43. The van der Waals surface area contributed by atoms with Gasteiger partial charge in [-0.15, -0.1) is 0 Å². The highest BCUT2D eigenvalue weighted by molar-refractivity contribution is 8.16. The lowest BCUT2D eigenvalue weighted by molar-refractivity contribution is 0.458. The van der Waals surface area contributed by atoms with E-state index in [1.165, 1.54) is 28.0 Å². The predicted molar refractivity (Wildman–Crippen MR) is 146 cm³/mol. The van der Waals surface area contributed by atoms with E-state index in [0.717, 1.165) is 45.7 Å². The van der Waals surface area contributed by atoms with Crippen molar-refractivity contribution < 1.29 is 0 Å². The fraction of sp³-hybridized carbons (Fsp3) is 0.138. The quantitative estimate of drug-likeness (QED) is 0.356. The van der Waals surface area contributed by atoms with Crippen LogP contribution in [0.3, 0.4) is 0 Å². The highest BCUT2D eigenvalue weighted by Crippen LogP contribution is 2.51. The van der Waals surface area contributed by atoms with Crippen molar-refractivity contribution in [2.24, 2.45) is 4.99 Å². The number of hydrogen-bond donors (Lipinski definition) is 0. The first kappa shape index (κ1) is 21.8. The number of hydrogen-bond acceptors (Lipinski definition) is 3. The molecule has 0 bridgehead atoms. The summed E-state index contributed by atoms with van der Waals surface area (Å²) in [6.45, 7) is 0. The molecule has 0 radical (unpaired) electrons. The van der Waals surface area contributed by atoms with Gasteiger partial charge >= 0.3 is 0 Å². The fourth-order valence-electron chi connectivity index (χ4n) is 4.94. The number of thioether (sulfide) groups is 1. The van der Waals surface area contributed by atoms with Gasteiger partial charge in [0.2, 0.25) is 0 Å². The minimum atomic E-state index is 0.0927. The van der Waals surface area contributed by atoms with Crippen LogP contribution in [0.5, 0.6) is 0 Å². The molecule has 0 aromatic heterocycles. The lowest BCUT2D eigenvalue weighted by Crippen LogP contribution is -2.34. The summed E-state index contributed by atoms with van der Waals surface area (Å²) in [5.74, 6) is 0. The van der Waals surface area contributed by atoms with Crippen molar-refractivity contribution >= 4 is 51.9 Å². The fourth-order valence-corrected chi connectivity index (χ4v) is 6.12. The zero-order valence-electron chi connectivity index (χ0n) is 18.4. The number of allylic oxidation sites excluding steroid dienone is 1. The minimum absolute atomic E-state index is 0.0927. The van der Waals surface area contributed by atoms with Gasteiger partial charge in [0.1, 0.15) is 0 Å². The summed E-state index contributed by atoms with van der Waals surface area (Å²) in [5, 5.41) is 4.77. The molecular formula is C29H22Cl2N2S. The average Bonchev–Trinajstić information content (AvgIpc) is 3.29. The Morgan fingerprint density at radius 2 is 1.56 bits per heavy atom. The average molecular weight is 501 g/mol. The van der Waals surface area contributed by atoms with Gasteiger partial charge in [0.15, 0.2) is 5.17 Å². The van der Waals surface area contributed by atoms with Crippen LogP contribution >= 0.6 is 35.0 Å². The topological polar surface area (TPSA) is 15.6 Å². The third-order valence-corrected chi connectivity index (χ3v) is 7.85. The first-order valence-electron chi connectivity index (χ1n) is 11.4. The summed E-state index contributed by atoms with van der Waals surface area (Å²) in [4.78, 5) is 7.65. The zero-order valence-corrected chi connectivity index (χ0v) is 20.7. The van der Waals surface area contributed by atoms with Crippen LogP contribution in [-0.4, -0.2) is 10.1 Å². The second-order valence-electron chi connectivity index (χ2n) is 8.65. The van der Waals surface area contributed by atoms with E-state index in [-0.39, 0.29) is 6.04 Å². The van der Waals surface area contributed by atoms with Gasteiger partial charge in [-0.05, 0) is 77.4 Å². The van der Waals surface area contributed by atoms with Crippen LogP contribution in [0.25, 0.3) is 11.8 Å². The van der Waals surface area contributed by atoms with Crippen LogP contribution in [-0.2, 0) is 0 Å². The van der Waals surface area contributed by atoms with Gasteiger partial charge in [-0.2, -0.15) is 0 Å². The molecule has 3 aromatic carbocycles. The van der Waals surface area contributed by atoms with E-state index in [1.807, 2.05) is 24.3 Å². The van der Waals surface area contributed by atoms with Crippen molar-refractivity contribution in [1.82, 2.24) is 4.90 Å². The van der Waals surface area contributed by atoms with E-state index in [4.69, 9.17) is 28.2 Å². The monoisotopic (exact) mass is 500 g/mol. The molecule has 0 spiro atoms. The number of fused-ring (bicyclic) bond motifs is 1. The number of rotatable bonds is 3. The lowest BCUT2D eigenvalue weighted by Gasteiger charge is -2.40. The Morgan fingerprint density at radius 3 is 2.29 bits per heavy atom. The third-order valence-electron chi connectivity index (χ3n) is 6.50.